The molecule has 2 aliphatic heterocycles. The molecule has 0 bridgehead atoms. The van der Waals surface area contributed by atoms with E-state index >= 15 is 0 Å². The molecule has 4 rings (SSSR count). The predicted octanol–water partition coefficient (Wildman–Crippen LogP) is 2.17. The minimum Gasteiger partial charge on any atom is -0.472 e. The van der Waals surface area contributed by atoms with Gasteiger partial charge in [-0.3, -0.25) is 4.79 Å². The Bertz CT molecular complexity index is 757. The largest absolute Gasteiger partial charge is 0.472 e. The van der Waals surface area contributed by atoms with Crippen LogP contribution in [-0.2, 0) is 12.8 Å². The number of nitrogens with zero attached hydrogens (tertiary/aromatic N) is 4. The standard InChI is InChI=1S/C18H22N4O2S/c1-13-19-16-3-6-22(18(23)14-4-9-24-12-14)5-2-15(16)17(20-13)21-7-10-25-11-8-21/h4,9,12H,2-3,5-8,10-11H2,1H3. The zero-order valence-corrected chi connectivity index (χ0v) is 15.2. The highest BCUT2D eigenvalue weighted by molar-refractivity contribution is 7.99. The van der Waals surface area contributed by atoms with Crippen molar-refractivity contribution in [1.29, 1.82) is 0 Å². The highest BCUT2D eigenvalue weighted by Gasteiger charge is 2.26. The first kappa shape index (κ1) is 16.4. The molecule has 132 valence electrons. The molecular weight excluding hydrogens is 336 g/mol. The second-order valence-electron chi connectivity index (χ2n) is 6.42. The van der Waals surface area contributed by atoms with Gasteiger partial charge in [0.1, 0.15) is 17.9 Å². The number of aromatic nitrogens is 2. The molecule has 4 heterocycles. The summed E-state index contributed by atoms with van der Waals surface area (Å²) in [7, 11) is 0. The van der Waals surface area contributed by atoms with E-state index in [1.165, 1.54) is 11.8 Å². The molecule has 25 heavy (non-hydrogen) atoms. The lowest BCUT2D eigenvalue weighted by molar-refractivity contribution is 0.0762. The van der Waals surface area contributed by atoms with Gasteiger partial charge in [0, 0.05) is 49.7 Å². The topological polar surface area (TPSA) is 62.5 Å². The number of carbonyl (C=O) groups is 1. The normalized spacial score (nSPS) is 18.0. The zero-order valence-electron chi connectivity index (χ0n) is 14.4. The number of anilines is 1. The third kappa shape index (κ3) is 3.38. The molecular formula is C18H22N4O2S. The third-order valence-electron chi connectivity index (χ3n) is 4.80. The van der Waals surface area contributed by atoms with Crippen LogP contribution in [0.3, 0.4) is 0 Å². The lowest BCUT2D eigenvalue weighted by Gasteiger charge is -2.30. The van der Waals surface area contributed by atoms with Gasteiger partial charge in [0.25, 0.3) is 5.91 Å². The Labute approximate surface area is 151 Å². The third-order valence-corrected chi connectivity index (χ3v) is 5.74. The average Bonchev–Trinajstić information content (AvgIpc) is 3.09. The van der Waals surface area contributed by atoms with Crippen LogP contribution < -0.4 is 4.90 Å². The van der Waals surface area contributed by atoms with Crippen LogP contribution in [-0.4, -0.2) is 58.5 Å². The number of aryl methyl sites for hydroxylation is 1. The summed E-state index contributed by atoms with van der Waals surface area (Å²) in [6.07, 6.45) is 4.64. The Morgan fingerprint density at radius 3 is 2.72 bits per heavy atom. The maximum Gasteiger partial charge on any atom is 0.257 e. The van der Waals surface area contributed by atoms with Crippen molar-refractivity contribution >= 4 is 23.5 Å². The van der Waals surface area contributed by atoms with E-state index < -0.39 is 0 Å². The van der Waals surface area contributed by atoms with Gasteiger partial charge >= 0.3 is 0 Å². The van der Waals surface area contributed by atoms with E-state index in [0.717, 1.165) is 54.8 Å². The van der Waals surface area contributed by atoms with E-state index in [9.17, 15) is 4.79 Å². The second-order valence-corrected chi connectivity index (χ2v) is 7.65. The molecule has 0 aromatic carbocycles. The Balaban J connectivity index is 1.59. The first-order valence-electron chi connectivity index (χ1n) is 8.73. The smallest absolute Gasteiger partial charge is 0.257 e. The van der Waals surface area contributed by atoms with Crippen molar-refractivity contribution in [3.8, 4) is 0 Å². The number of amides is 1. The molecule has 6 nitrogen and oxygen atoms in total. The summed E-state index contributed by atoms with van der Waals surface area (Å²) in [5, 5.41) is 0. The fraction of sp³-hybridized carbons (Fsp3) is 0.500. The molecule has 0 saturated carbocycles. The van der Waals surface area contributed by atoms with Crippen LogP contribution in [0.5, 0.6) is 0 Å². The molecule has 0 spiro atoms. The molecule has 0 atom stereocenters. The lowest BCUT2D eigenvalue weighted by atomic mass is 10.1. The van der Waals surface area contributed by atoms with Gasteiger partial charge in [-0.2, -0.15) is 11.8 Å². The van der Waals surface area contributed by atoms with Crippen molar-refractivity contribution in [3.05, 3.63) is 41.2 Å². The first-order valence-corrected chi connectivity index (χ1v) is 9.88. The number of fused-ring (bicyclic) bond motifs is 1. The summed E-state index contributed by atoms with van der Waals surface area (Å²) < 4.78 is 5.06. The van der Waals surface area contributed by atoms with E-state index in [4.69, 9.17) is 9.40 Å². The van der Waals surface area contributed by atoms with Crippen LogP contribution in [0.15, 0.2) is 23.0 Å². The molecule has 7 heteroatoms. The molecule has 2 aromatic rings. The Morgan fingerprint density at radius 1 is 1.16 bits per heavy atom. The van der Waals surface area contributed by atoms with E-state index in [2.05, 4.69) is 9.88 Å². The average molecular weight is 358 g/mol. The van der Waals surface area contributed by atoms with Crippen molar-refractivity contribution in [2.45, 2.75) is 19.8 Å². The zero-order chi connectivity index (χ0) is 17.2. The Hall–Kier alpha value is -2.02. The molecule has 2 aromatic heterocycles. The van der Waals surface area contributed by atoms with Crippen LogP contribution in [0, 0.1) is 6.92 Å². The van der Waals surface area contributed by atoms with E-state index in [0.29, 0.717) is 18.7 Å². The molecule has 1 saturated heterocycles. The number of thioether (sulfide) groups is 1. The maximum atomic E-state index is 12.6. The minimum absolute atomic E-state index is 0.0298. The SMILES string of the molecule is Cc1nc2c(c(N3CCSCC3)n1)CCN(C(=O)c1ccoc1)CC2. The molecule has 0 N–H and O–H groups in total. The number of furan rings is 1. The molecule has 1 amide bonds. The quantitative estimate of drug-likeness (QED) is 0.820. The first-order chi connectivity index (χ1) is 12.2. The van der Waals surface area contributed by atoms with Gasteiger partial charge in [0.15, 0.2) is 0 Å². The van der Waals surface area contributed by atoms with Crippen LogP contribution in [0.4, 0.5) is 5.82 Å². The van der Waals surface area contributed by atoms with Crippen molar-refractivity contribution in [3.63, 3.8) is 0 Å². The van der Waals surface area contributed by atoms with Crippen molar-refractivity contribution < 1.29 is 9.21 Å². The van der Waals surface area contributed by atoms with Gasteiger partial charge in [-0.1, -0.05) is 0 Å². The summed E-state index contributed by atoms with van der Waals surface area (Å²) >= 11 is 1.99. The second kappa shape index (κ2) is 7.07. The van der Waals surface area contributed by atoms with E-state index in [1.54, 1.807) is 12.3 Å². The highest BCUT2D eigenvalue weighted by atomic mass is 32.2. The number of rotatable bonds is 2. The van der Waals surface area contributed by atoms with Crippen LogP contribution in [0.1, 0.15) is 27.4 Å². The number of carbonyl (C=O) groups excluding carboxylic acids is 1. The molecule has 0 unspecified atom stereocenters. The Morgan fingerprint density at radius 2 is 1.96 bits per heavy atom. The van der Waals surface area contributed by atoms with Gasteiger partial charge in [-0.25, -0.2) is 9.97 Å². The van der Waals surface area contributed by atoms with Crippen molar-refractivity contribution in [2.24, 2.45) is 0 Å². The van der Waals surface area contributed by atoms with Crippen LogP contribution >= 0.6 is 11.8 Å². The summed E-state index contributed by atoms with van der Waals surface area (Å²) in [5.74, 6) is 4.22. The Kier molecular flexibility index (Phi) is 4.65. The molecule has 1 fully saturated rings. The summed E-state index contributed by atoms with van der Waals surface area (Å²) in [5.41, 5.74) is 2.93. The van der Waals surface area contributed by atoms with Crippen molar-refractivity contribution in [2.75, 3.05) is 42.6 Å². The van der Waals surface area contributed by atoms with Crippen LogP contribution in [0.25, 0.3) is 0 Å². The summed E-state index contributed by atoms with van der Waals surface area (Å²) in [6.45, 7) is 5.40. The van der Waals surface area contributed by atoms with Crippen molar-refractivity contribution in [1.82, 2.24) is 14.9 Å². The lowest BCUT2D eigenvalue weighted by Crippen LogP contribution is -2.35. The van der Waals surface area contributed by atoms with Gasteiger partial charge in [-0.05, 0) is 19.4 Å². The van der Waals surface area contributed by atoms with Gasteiger partial charge < -0.3 is 14.2 Å². The highest BCUT2D eigenvalue weighted by Crippen LogP contribution is 2.27. The van der Waals surface area contributed by atoms with Gasteiger partial charge in [0.2, 0.25) is 0 Å². The van der Waals surface area contributed by atoms with E-state index in [1.807, 2.05) is 23.6 Å². The maximum absolute atomic E-state index is 12.6. The summed E-state index contributed by atoms with van der Waals surface area (Å²) in [4.78, 5) is 26.4. The predicted molar refractivity (Wildman–Crippen MR) is 98.3 cm³/mol. The van der Waals surface area contributed by atoms with Gasteiger partial charge in [-0.15, -0.1) is 0 Å². The fourth-order valence-corrected chi connectivity index (χ4v) is 4.41. The van der Waals surface area contributed by atoms with Gasteiger partial charge in [0.05, 0.1) is 17.5 Å². The van der Waals surface area contributed by atoms with Crippen LogP contribution in [0.2, 0.25) is 0 Å². The molecule has 0 aliphatic carbocycles. The molecule has 2 aliphatic rings. The number of hydrogen-bond donors (Lipinski definition) is 0. The fourth-order valence-electron chi connectivity index (χ4n) is 3.51. The number of hydrogen-bond acceptors (Lipinski definition) is 6. The monoisotopic (exact) mass is 358 g/mol. The minimum atomic E-state index is 0.0298. The molecule has 0 radical (unpaired) electrons. The summed E-state index contributed by atoms with van der Waals surface area (Å²) in [6, 6.07) is 1.72. The van der Waals surface area contributed by atoms with E-state index in [-0.39, 0.29) is 5.91 Å².